The zero-order valence-corrected chi connectivity index (χ0v) is 12.2. The Bertz CT molecular complexity index is 543. The molecule has 0 saturated carbocycles. The van der Waals surface area contributed by atoms with Gasteiger partial charge < -0.3 is 10.6 Å². The number of hydrogen-bond acceptors (Lipinski definition) is 4. The van der Waals surface area contributed by atoms with Gasteiger partial charge in [0.25, 0.3) is 0 Å². The van der Waals surface area contributed by atoms with Crippen molar-refractivity contribution >= 4 is 15.7 Å². The van der Waals surface area contributed by atoms with Crippen LogP contribution in [-0.2, 0) is 21.2 Å². The summed E-state index contributed by atoms with van der Waals surface area (Å²) in [5.41, 5.74) is 1.04. The molecule has 0 bridgehead atoms. The van der Waals surface area contributed by atoms with Gasteiger partial charge in [0.15, 0.2) is 9.84 Å². The normalized spacial score (nSPS) is 20.7. The molecule has 1 aromatic carbocycles. The molecule has 1 aliphatic rings. The van der Waals surface area contributed by atoms with Crippen molar-refractivity contribution in [2.75, 3.05) is 18.8 Å². The Kier molecular flexibility index (Phi) is 5.14. The van der Waals surface area contributed by atoms with Crippen molar-refractivity contribution in [3.8, 4) is 0 Å². The zero-order chi connectivity index (χ0) is 14.4. The molecule has 1 fully saturated rings. The molecule has 2 rings (SSSR count). The fourth-order valence-corrected chi connectivity index (χ4v) is 4.09. The number of carbonyl (C=O) groups excluding carboxylic acids is 1. The minimum absolute atomic E-state index is 0.121. The summed E-state index contributed by atoms with van der Waals surface area (Å²) < 4.78 is 23.2. The van der Waals surface area contributed by atoms with Crippen LogP contribution in [-0.4, -0.2) is 38.4 Å². The predicted molar refractivity (Wildman–Crippen MR) is 78.0 cm³/mol. The summed E-state index contributed by atoms with van der Waals surface area (Å²) >= 11 is 0. The third-order valence-corrected chi connectivity index (χ3v) is 5.73. The van der Waals surface area contributed by atoms with Crippen LogP contribution in [0.3, 0.4) is 0 Å². The fourth-order valence-electron chi connectivity index (χ4n) is 2.29. The lowest BCUT2D eigenvalue weighted by atomic mass is 10.2. The Morgan fingerprint density at radius 1 is 1.25 bits per heavy atom. The first-order valence-corrected chi connectivity index (χ1v) is 8.52. The van der Waals surface area contributed by atoms with Crippen LogP contribution < -0.4 is 10.6 Å². The van der Waals surface area contributed by atoms with Gasteiger partial charge in [-0.1, -0.05) is 30.3 Å². The summed E-state index contributed by atoms with van der Waals surface area (Å²) in [7, 11) is -2.93. The van der Waals surface area contributed by atoms with E-state index < -0.39 is 9.84 Å². The Morgan fingerprint density at radius 2 is 2.00 bits per heavy atom. The third-order valence-electron chi connectivity index (χ3n) is 3.45. The molecule has 0 radical (unpaired) electrons. The van der Waals surface area contributed by atoms with E-state index in [1.807, 2.05) is 30.3 Å². The SMILES string of the molecule is O=C(CNCC1CCCS1(=O)=O)NCc1ccccc1. The molecule has 1 aromatic rings. The van der Waals surface area contributed by atoms with Crippen LogP contribution in [0.2, 0.25) is 0 Å². The molecule has 1 aliphatic heterocycles. The van der Waals surface area contributed by atoms with Crippen molar-refractivity contribution in [1.82, 2.24) is 10.6 Å². The van der Waals surface area contributed by atoms with Crippen LogP contribution in [0.5, 0.6) is 0 Å². The van der Waals surface area contributed by atoms with Gasteiger partial charge in [-0.3, -0.25) is 4.79 Å². The molecule has 5 nitrogen and oxygen atoms in total. The van der Waals surface area contributed by atoms with Gasteiger partial charge in [-0.15, -0.1) is 0 Å². The zero-order valence-electron chi connectivity index (χ0n) is 11.3. The van der Waals surface area contributed by atoms with E-state index in [4.69, 9.17) is 0 Å². The monoisotopic (exact) mass is 296 g/mol. The Hall–Kier alpha value is -1.40. The molecule has 0 spiro atoms. The lowest BCUT2D eigenvalue weighted by Crippen LogP contribution is -2.38. The maximum atomic E-state index is 11.6. The second-order valence-corrected chi connectivity index (χ2v) is 7.43. The van der Waals surface area contributed by atoms with Crippen molar-refractivity contribution in [3.05, 3.63) is 35.9 Å². The van der Waals surface area contributed by atoms with E-state index in [1.165, 1.54) is 0 Å². The second kappa shape index (κ2) is 6.85. The van der Waals surface area contributed by atoms with Gasteiger partial charge in [0.1, 0.15) is 0 Å². The smallest absolute Gasteiger partial charge is 0.234 e. The van der Waals surface area contributed by atoms with Gasteiger partial charge in [-0.2, -0.15) is 0 Å². The minimum Gasteiger partial charge on any atom is -0.351 e. The van der Waals surface area contributed by atoms with Gasteiger partial charge >= 0.3 is 0 Å². The fraction of sp³-hybridized carbons (Fsp3) is 0.500. The maximum Gasteiger partial charge on any atom is 0.234 e. The number of hydrogen-bond donors (Lipinski definition) is 2. The van der Waals surface area contributed by atoms with Crippen LogP contribution >= 0.6 is 0 Å². The highest BCUT2D eigenvalue weighted by molar-refractivity contribution is 7.92. The molecular formula is C14H20N2O3S. The summed E-state index contributed by atoms with van der Waals surface area (Å²) in [5.74, 6) is 0.156. The quantitative estimate of drug-likeness (QED) is 0.800. The van der Waals surface area contributed by atoms with Gasteiger partial charge in [-0.25, -0.2) is 8.42 Å². The van der Waals surface area contributed by atoms with Gasteiger partial charge in [0.2, 0.25) is 5.91 Å². The van der Waals surface area contributed by atoms with Gasteiger partial charge in [0.05, 0.1) is 17.5 Å². The molecule has 0 aliphatic carbocycles. The first-order valence-electron chi connectivity index (χ1n) is 6.81. The Labute approximate surface area is 119 Å². The summed E-state index contributed by atoms with van der Waals surface area (Å²) in [6, 6.07) is 9.65. The topological polar surface area (TPSA) is 75.3 Å². The van der Waals surface area contributed by atoms with Crippen LogP contribution in [0.1, 0.15) is 18.4 Å². The van der Waals surface area contributed by atoms with Gasteiger partial charge in [0, 0.05) is 13.1 Å². The lowest BCUT2D eigenvalue weighted by molar-refractivity contribution is -0.120. The molecule has 1 heterocycles. The van der Waals surface area contributed by atoms with Crippen LogP contribution in [0, 0.1) is 0 Å². The standard InChI is InChI=1S/C14H20N2O3S/c17-14(16-9-12-5-2-1-3-6-12)11-15-10-13-7-4-8-20(13,18)19/h1-3,5-6,13,15H,4,7-11H2,(H,16,17). The molecule has 20 heavy (non-hydrogen) atoms. The van der Waals surface area contributed by atoms with Crippen LogP contribution in [0.15, 0.2) is 30.3 Å². The highest BCUT2D eigenvalue weighted by Crippen LogP contribution is 2.18. The molecular weight excluding hydrogens is 276 g/mol. The van der Waals surface area contributed by atoms with Crippen molar-refractivity contribution in [1.29, 1.82) is 0 Å². The number of carbonyl (C=O) groups is 1. The maximum absolute atomic E-state index is 11.6. The Balaban J connectivity index is 1.66. The number of nitrogens with one attached hydrogen (secondary N) is 2. The summed E-state index contributed by atoms with van der Waals surface area (Å²) in [6.45, 7) is 1.00. The summed E-state index contributed by atoms with van der Waals surface area (Å²) in [5, 5.41) is 5.39. The molecule has 1 atom stereocenters. The minimum atomic E-state index is -2.93. The van der Waals surface area contributed by atoms with Crippen LogP contribution in [0.4, 0.5) is 0 Å². The highest BCUT2D eigenvalue weighted by Gasteiger charge is 2.30. The summed E-state index contributed by atoms with van der Waals surface area (Å²) in [4.78, 5) is 11.6. The molecule has 1 saturated heterocycles. The van der Waals surface area contributed by atoms with Crippen LogP contribution in [0.25, 0.3) is 0 Å². The van der Waals surface area contributed by atoms with Crippen molar-refractivity contribution in [2.45, 2.75) is 24.6 Å². The number of amides is 1. The molecule has 1 amide bonds. The van der Waals surface area contributed by atoms with Gasteiger partial charge in [-0.05, 0) is 18.4 Å². The molecule has 2 N–H and O–H groups in total. The largest absolute Gasteiger partial charge is 0.351 e. The van der Waals surface area contributed by atoms with E-state index in [0.29, 0.717) is 19.5 Å². The van der Waals surface area contributed by atoms with Crippen molar-refractivity contribution < 1.29 is 13.2 Å². The van der Waals surface area contributed by atoms with E-state index in [2.05, 4.69) is 10.6 Å². The average Bonchev–Trinajstić information content (AvgIpc) is 2.77. The lowest BCUT2D eigenvalue weighted by Gasteiger charge is -2.11. The van der Waals surface area contributed by atoms with Crippen molar-refractivity contribution in [2.24, 2.45) is 0 Å². The van der Waals surface area contributed by atoms with Crippen molar-refractivity contribution in [3.63, 3.8) is 0 Å². The number of rotatable bonds is 6. The van der Waals surface area contributed by atoms with E-state index in [1.54, 1.807) is 0 Å². The first kappa shape index (κ1) is 15.0. The molecule has 0 aromatic heterocycles. The second-order valence-electron chi connectivity index (χ2n) is 5.02. The van der Waals surface area contributed by atoms with E-state index in [0.717, 1.165) is 12.0 Å². The average molecular weight is 296 g/mol. The van der Waals surface area contributed by atoms with E-state index in [9.17, 15) is 13.2 Å². The first-order chi connectivity index (χ1) is 9.58. The molecule has 1 unspecified atom stereocenters. The molecule has 6 heteroatoms. The van der Waals surface area contributed by atoms with E-state index >= 15 is 0 Å². The molecule has 110 valence electrons. The highest BCUT2D eigenvalue weighted by atomic mass is 32.2. The summed E-state index contributed by atoms with van der Waals surface area (Å²) in [6.07, 6.45) is 1.43. The Morgan fingerprint density at radius 3 is 2.65 bits per heavy atom. The predicted octanol–water partition coefficient (Wildman–Crippen LogP) is 0.470. The number of benzene rings is 1. The number of sulfone groups is 1. The van der Waals surface area contributed by atoms with E-state index in [-0.39, 0.29) is 23.5 Å². The third kappa shape index (κ3) is 4.31.